The fourth-order valence-corrected chi connectivity index (χ4v) is 7.19. The van der Waals surface area contributed by atoms with Gasteiger partial charge in [-0.1, -0.05) is 102 Å². The maximum atomic E-state index is 13.7. The van der Waals surface area contributed by atoms with Gasteiger partial charge in [-0.05, 0) is 89.3 Å². The van der Waals surface area contributed by atoms with Crippen LogP contribution in [-0.2, 0) is 43.9 Å². The second-order valence-electron chi connectivity index (χ2n) is 16.6. The van der Waals surface area contributed by atoms with Gasteiger partial charge in [-0.15, -0.1) is 0 Å². The average Bonchev–Trinajstić information content (AvgIpc) is 3.83. The van der Waals surface area contributed by atoms with Gasteiger partial charge in [-0.2, -0.15) is 0 Å². The summed E-state index contributed by atoms with van der Waals surface area (Å²) in [6, 6.07) is 5.94. The van der Waals surface area contributed by atoms with Crippen LogP contribution in [0.15, 0.2) is 55.4 Å². The molecule has 0 radical (unpaired) electrons. The number of nitrogens with zero attached hydrogens (tertiary/aromatic N) is 4. The van der Waals surface area contributed by atoms with Gasteiger partial charge < -0.3 is 18.8 Å². The normalized spacial score (nSPS) is 13.4. The first kappa shape index (κ1) is 47.2. The second-order valence-corrected chi connectivity index (χ2v) is 16.6. The molecule has 0 aliphatic rings. The lowest BCUT2D eigenvalue weighted by Crippen LogP contribution is -2.31. The van der Waals surface area contributed by atoms with Crippen molar-refractivity contribution in [3.63, 3.8) is 0 Å². The molecular weight excluding hydrogens is 717 g/mol. The number of benzene rings is 1. The van der Waals surface area contributed by atoms with Crippen molar-refractivity contribution in [2.24, 2.45) is 18.9 Å². The van der Waals surface area contributed by atoms with E-state index in [0.29, 0.717) is 19.3 Å². The first-order chi connectivity index (χ1) is 27.3. The molecule has 0 aliphatic heterocycles. The smallest absolute Gasteiger partial charge is 0.419 e. The molecule has 0 saturated heterocycles. The van der Waals surface area contributed by atoms with E-state index in [1.807, 2.05) is 71.4 Å². The second kappa shape index (κ2) is 25.2. The summed E-state index contributed by atoms with van der Waals surface area (Å²) >= 11 is 0. The van der Waals surface area contributed by atoms with Crippen LogP contribution in [-0.4, -0.2) is 49.3 Å². The van der Waals surface area contributed by atoms with Crippen LogP contribution in [0, 0.1) is 18.8 Å². The Morgan fingerprint density at radius 1 is 0.877 bits per heavy atom. The van der Waals surface area contributed by atoms with Crippen molar-refractivity contribution in [3.05, 3.63) is 83.5 Å². The Hall–Kier alpha value is -4.21. The van der Waals surface area contributed by atoms with Gasteiger partial charge in [-0.25, -0.2) is 19.3 Å². The number of carbonyl (C=O) groups excluding carboxylic acids is 3. The molecule has 0 bridgehead atoms. The lowest BCUT2D eigenvalue weighted by atomic mass is 9.87. The Morgan fingerprint density at radius 3 is 2.18 bits per heavy atom. The highest BCUT2D eigenvalue weighted by Crippen LogP contribution is 2.29. The number of allylic oxidation sites excluding steroid dienone is 2. The molecule has 10 heteroatoms. The topological polar surface area (TPSA) is 115 Å². The van der Waals surface area contributed by atoms with Crippen LogP contribution < -0.4 is 0 Å². The molecule has 2 aromatic heterocycles. The molecule has 10 nitrogen and oxygen atoms in total. The van der Waals surface area contributed by atoms with Crippen LogP contribution in [0.25, 0.3) is 0 Å². The molecule has 2 heterocycles. The summed E-state index contributed by atoms with van der Waals surface area (Å²) in [5, 5.41) is 0. The first-order valence-corrected chi connectivity index (χ1v) is 21.6. The van der Waals surface area contributed by atoms with Gasteiger partial charge in [0.2, 0.25) is 0 Å². The molecule has 0 saturated carbocycles. The number of imidazole rings is 2. The molecule has 1 unspecified atom stereocenters. The summed E-state index contributed by atoms with van der Waals surface area (Å²) < 4.78 is 20.6. The monoisotopic (exact) mass is 789 g/mol. The van der Waals surface area contributed by atoms with Crippen molar-refractivity contribution < 1.29 is 28.6 Å². The van der Waals surface area contributed by atoms with Gasteiger partial charge in [0.15, 0.2) is 0 Å². The highest BCUT2D eigenvalue weighted by Gasteiger charge is 2.31. The minimum absolute atomic E-state index is 0.113. The van der Waals surface area contributed by atoms with Gasteiger partial charge in [0, 0.05) is 43.4 Å². The molecular formula is C47H72N4O6. The van der Waals surface area contributed by atoms with E-state index >= 15 is 0 Å². The third-order valence-corrected chi connectivity index (χ3v) is 10.8. The Bertz CT molecular complexity index is 1670. The summed E-state index contributed by atoms with van der Waals surface area (Å²) in [6.07, 6.45) is 28.0. The molecule has 0 spiro atoms. The van der Waals surface area contributed by atoms with E-state index in [1.165, 1.54) is 68.7 Å². The molecule has 316 valence electrons. The standard InChI is InChI=1S/C47H72N4O6/c1-9-11-12-13-14-15-16-17-18-19-20-21-22-23-24-28-44(52)55-33-39(29-40-30-48-34-50(40)8)41(10-2)45(53)56-32-38-26-25-27-42(36(38)3)37(4)43-31-51(35-49-43)46(54)57-47(5,6)7/h17-18,25-27,30-31,34-35,37,39,41H,9-16,19-24,28-29,32-33H2,1-8H3/b18-17-/t37-,39-,41?/m0/s1. The Balaban J connectivity index is 1.49. The quantitative estimate of drug-likeness (QED) is 0.0342. The third-order valence-electron chi connectivity index (χ3n) is 10.8. The number of rotatable bonds is 26. The van der Waals surface area contributed by atoms with Crippen molar-refractivity contribution in [2.45, 2.75) is 169 Å². The van der Waals surface area contributed by atoms with Gasteiger partial charge in [0.1, 0.15) is 18.5 Å². The molecule has 0 aliphatic carbocycles. The predicted octanol–water partition coefficient (Wildman–Crippen LogP) is 11.4. The Labute approximate surface area is 343 Å². The number of hydrogen-bond acceptors (Lipinski definition) is 8. The number of unbranched alkanes of at least 4 members (excludes halogenated alkanes) is 11. The molecule has 57 heavy (non-hydrogen) atoms. The SMILES string of the molecule is CCCCCCCC/C=C\CCCCCCCC(=O)OC[C@H](Cc1cncn1C)C(CC)C(=O)OCc1cccc([C@H](C)c2cn(C(=O)OC(C)(C)C)cn2)c1C. The van der Waals surface area contributed by atoms with Gasteiger partial charge >= 0.3 is 18.0 Å². The number of esters is 2. The average molecular weight is 789 g/mol. The van der Waals surface area contributed by atoms with E-state index < -0.39 is 17.6 Å². The van der Waals surface area contributed by atoms with Crippen LogP contribution >= 0.6 is 0 Å². The van der Waals surface area contributed by atoms with Gasteiger partial charge in [-0.3, -0.25) is 9.59 Å². The van der Waals surface area contributed by atoms with E-state index in [9.17, 15) is 14.4 Å². The van der Waals surface area contributed by atoms with Crippen molar-refractivity contribution in [2.75, 3.05) is 6.61 Å². The Kier molecular flexibility index (Phi) is 20.9. The number of carbonyl (C=O) groups is 3. The number of hydrogen-bond donors (Lipinski definition) is 0. The van der Waals surface area contributed by atoms with Crippen LogP contribution in [0.5, 0.6) is 0 Å². The van der Waals surface area contributed by atoms with Gasteiger partial charge in [0.25, 0.3) is 0 Å². The summed E-state index contributed by atoms with van der Waals surface area (Å²) in [7, 11) is 1.93. The van der Waals surface area contributed by atoms with Crippen molar-refractivity contribution >= 4 is 18.0 Å². The van der Waals surface area contributed by atoms with E-state index in [0.717, 1.165) is 53.8 Å². The maximum absolute atomic E-state index is 13.7. The van der Waals surface area contributed by atoms with Crippen molar-refractivity contribution in [1.29, 1.82) is 0 Å². The lowest BCUT2D eigenvalue weighted by Gasteiger charge is -2.25. The van der Waals surface area contributed by atoms with Gasteiger partial charge in [0.05, 0.1) is 24.5 Å². The molecule has 0 N–H and O–H groups in total. The van der Waals surface area contributed by atoms with Crippen LogP contribution in [0.2, 0.25) is 0 Å². The summed E-state index contributed by atoms with van der Waals surface area (Å²) in [6.45, 7) is 14.0. The third kappa shape index (κ3) is 17.0. The summed E-state index contributed by atoms with van der Waals surface area (Å²) in [5.41, 5.74) is 3.99. The number of ether oxygens (including phenoxy) is 3. The molecule has 0 fully saturated rings. The highest BCUT2D eigenvalue weighted by atomic mass is 16.6. The van der Waals surface area contributed by atoms with E-state index in [2.05, 4.69) is 29.0 Å². The van der Waals surface area contributed by atoms with Crippen molar-refractivity contribution in [3.8, 4) is 0 Å². The Morgan fingerprint density at radius 2 is 1.54 bits per heavy atom. The minimum Gasteiger partial charge on any atom is -0.465 e. The number of aryl methyl sites for hydroxylation is 1. The zero-order valence-electron chi connectivity index (χ0n) is 36.4. The predicted molar refractivity (Wildman–Crippen MR) is 227 cm³/mol. The van der Waals surface area contributed by atoms with E-state index in [4.69, 9.17) is 14.2 Å². The summed E-state index contributed by atoms with van der Waals surface area (Å²) in [4.78, 5) is 47.9. The maximum Gasteiger partial charge on any atom is 0.419 e. The first-order valence-electron chi connectivity index (χ1n) is 21.6. The fourth-order valence-electron chi connectivity index (χ4n) is 7.19. The molecule has 0 amide bonds. The largest absolute Gasteiger partial charge is 0.465 e. The van der Waals surface area contributed by atoms with Crippen LogP contribution in [0.1, 0.15) is 172 Å². The minimum atomic E-state index is -0.612. The lowest BCUT2D eigenvalue weighted by molar-refractivity contribution is -0.156. The zero-order valence-corrected chi connectivity index (χ0v) is 36.4. The zero-order chi connectivity index (χ0) is 41.6. The van der Waals surface area contributed by atoms with Crippen LogP contribution in [0.4, 0.5) is 4.79 Å². The number of aromatic nitrogens is 4. The molecule has 3 rings (SSSR count). The highest BCUT2D eigenvalue weighted by molar-refractivity contribution is 5.73. The molecule has 3 atom stereocenters. The summed E-state index contributed by atoms with van der Waals surface area (Å²) in [5.74, 6) is -1.37. The fraction of sp³-hybridized carbons (Fsp3) is 0.638. The van der Waals surface area contributed by atoms with Crippen LogP contribution in [0.3, 0.4) is 0 Å². The molecule has 1 aromatic carbocycles. The van der Waals surface area contributed by atoms with E-state index in [1.54, 1.807) is 18.7 Å². The molecule has 3 aromatic rings. The van der Waals surface area contributed by atoms with Crippen molar-refractivity contribution in [1.82, 2.24) is 19.1 Å². The van der Waals surface area contributed by atoms with E-state index in [-0.39, 0.29) is 37.0 Å².